The molecule has 5 nitrogen and oxygen atoms in total. The topological polar surface area (TPSA) is 75.3 Å². The van der Waals surface area contributed by atoms with Gasteiger partial charge >= 0.3 is 0 Å². The van der Waals surface area contributed by atoms with Gasteiger partial charge in [-0.1, -0.05) is 0 Å². The predicted molar refractivity (Wildman–Crippen MR) is 63.0 cm³/mol. The van der Waals surface area contributed by atoms with Gasteiger partial charge < -0.3 is 10.6 Å². The van der Waals surface area contributed by atoms with E-state index in [1.54, 1.807) is 13.8 Å². The van der Waals surface area contributed by atoms with Crippen LogP contribution in [0.15, 0.2) is 0 Å². The van der Waals surface area contributed by atoms with E-state index in [0.29, 0.717) is 6.04 Å². The van der Waals surface area contributed by atoms with Gasteiger partial charge in [0.2, 0.25) is 5.91 Å². The third-order valence-electron chi connectivity index (χ3n) is 2.84. The fraction of sp³-hybridized carbons (Fsp3) is 0.900. The normalized spacial score (nSPS) is 17.2. The second-order valence-corrected chi connectivity index (χ2v) is 7.61. The minimum atomic E-state index is -3.15. The molecule has 0 heterocycles. The Hall–Kier alpha value is -0.620. The molecule has 0 atom stereocenters. The summed E-state index contributed by atoms with van der Waals surface area (Å²) in [5.41, 5.74) is 0. The van der Waals surface area contributed by atoms with Crippen molar-refractivity contribution in [1.29, 1.82) is 0 Å². The Balaban J connectivity index is 2.29. The average molecular weight is 248 g/mol. The van der Waals surface area contributed by atoms with Crippen LogP contribution in [0.4, 0.5) is 0 Å². The average Bonchev–Trinajstić information content (AvgIpc) is 2.93. The Kier molecular flexibility index (Phi) is 3.96. The molecule has 1 fully saturated rings. The van der Waals surface area contributed by atoms with E-state index in [1.165, 1.54) is 6.26 Å². The summed E-state index contributed by atoms with van der Waals surface area (Å²) in [6.45, 7) is 3.63. The number of amides is 1. The van der Waals surface area contributed by atoms with Crippen molar-refractivity contribution in [2.45, 2.75) is 37.5 Å². The van der Waals surface area contributed by atoms with Crippen LogP contribution in [0.25, 0.3) is 0 Å². The van der Waals surface area contributed by atoms with Gasteiger partial charge in [0, 0.05) is 18.8 Å². The Labute approximate surface area is 96.9 Å². The van der Waals surface area contributed by atoms with Gasteiger partial charge in [0.05, 0.1) is 11.3 Å². The molecule has 0 radical (unpaired) electrons. The molecular formula is C10H20N2O3S. The van der Waals surface area contributed by atoms with Crippen molar-refractivity contribution in [2.75, 3.05) is 19.3 Å². The van der Waals surface area contributed by atoms with Crippen molar-refractivity contribution in [1.82, 2.24) is 10.6 Å². The minimum Gasteiger partial charge on any atom is -0.353 e. The standard InChI is InChI=1S/C10H20N2O3S/c1-10(2,16(3,14)15)7-12-9(13)6-11-8-4-5-8/h8,11H,4-7H2,1-3H3,(H,12,13). The molecule has 0 saturated heterocycles. The van der Waals surface area contributed by atoms with Crippen molar-refractivity contribution < 1.29 is 13.2 Å². The summed E-state index contributed by atoms with van der Waals surface area (Å²) in [6.07, 6.45) is 3.44. The number of sulfone groups is 1. The molecule has 6 heteroatoms. The summed E-state index contributed by atoms with van der Waals surface area (Å²) in [5, 5.41) is 5.70. The highest BCUT2D eigenvalue weighted by Crippen LogP contribution is 2.18. The van der Waals surface area contributed by atoms with Crippen LogP contribution in [0.5, 0.6) is 0 Å². The smallest absolute Gasteiger partial charge is 0.234 e. The lowest BCUT2D eigenvalue weighted by molar-refractivity contribution is -0.120. The zero-order chi connectivity index (χ0) is 12.4. The second-order valence-electron chi connectivity index (χ2n) is 4.96. The van der Waals surface area contributed by atoms with Crippen LogP contribution in [-0.2, 0) is 14.6 Å². The van der Waals surface area contributed by atoms with E-state index >= 15 is 0 Å². The summed E-state index contributed by atoms with van der Waals surface area (Å²) in [6, 6.07) is 0.480. The van der Waals surface area contributed by atoms with Gasteiger partial charge in [-0.2, -0.15) is 0 Å². The molecule has 16 heavy (non-hydrogen) atoms. The van der Waals surface area contributed by atoms with E-state index in [0.717, 1.165) is 12.8 Å². The summed E-state index contributed by atoms with van der Waals surface area (Å²) < 4.78 is 21.8. The number of carbonyl (C=O) groups excluding carboxylic acids is 1. The molecule has 0 aromatic rings. The Morgan fingerprint density at radius 2 is 1.94 bits per heavy atom. The van der Waals surface area contributed by atoms with Gasteiger partial charge in [-0.15, -0.1) is 0 Å². The fourth-order valence-electron chi connectivity index (χ4n) is 1.03. The van der Waals surface area contributed by atoms with Crippen LogP contribution in [0.1, 0.15) is 26.7 Å². The lowest BCUT2D eigenvalue weighted by Crippen LogP contribution is -2.46. The first-order valence-corrected chi connectivity index (χ1v) is 7.31. The van der Waals surface area contributed by atoms with E-state index < -0.39 is 14.6 Å². The molecule has 1 amide bonds. The van der Waals surface area contributed by atoms with Gasteiger partial charge in [-0.25, -0.2) is 8.42 Å². The fourth-order valence-corrected chi connectivity index (χ4v) is 1.36. The quantitative estimate of drug-likeness (QED) is 0.675. The molecule has 1 rings (SSSR count). The molecule has 0 bridgehead atoms. The van der Waals surface area contributed by atoms with Gasteiger partial charge in [0.25, 0.3) is 0 Å². The van der Waals surface area contributed by atoms with E-state index in [-0.39, 0.29) is 19.0 Å². The first-order valence-electron chi connectivity index (χ1n) is 5.42. The first-order chi connectivity index (χ1) is 7.22. The number of carbonyl (C=O) groups is 1. The monoisotopic (exact) mass is 248 g/mol. The molecule has 0 spiro atoms. The number of hydrogen-bond acceptors (Lipinski definition) is 4. The molecule has 0 unspecified atom stereocenters. The van der Waals surface area contributed by atoms with Crippen LogP contribution in [0.2, 0.25) is 0 Å². The molecule has 0 aromatic heterocycles. The highest BCUT2D eigenvalue weighted by molar-refractivity contribution is 7.92. The maximum atomic E-state index is 11.4. The van der Waals surface area contributed by atoms with Gasteiger partial charge in [-0.3, -0.25) is 4.79 Å². The maximum Gasteiger partial charge on any atom is 0.234 e. The maximum absolute atomic E-state index is 11.4. The third-order valence-corrected chi connectivity index (χ3v) is 5.00. The molecule has 1 aliphatic carbocycles. The molecule has 2 N–H and O–H groups in total. The van der Waals surface area contributed by atoms with E-state index in [1.807, 2.05) is 0 Å². The molecule has 0 aromatic carbocycles. The lowest BCUT2D eigenvalue weighted by Gasteiger charge is -2.22. The summed E-state index contributed by atoms with van der Waals surface area (Å²) >= 11 is 0. The third kappa shape index (κ3) is 4.09. The largest absolute Gasteiger partial charge is 0.353 e. The van der Waals surface area contributed by atoms with E-state index in [4.69, 9.17) is 0 Å². The molecule has 94 valence electrons. The second kappa shape index (κ2) is 4.71. The zero-order valence-corrected chi connectivity index (χ0v) is 10.9. The van der Waals surface area contributed by atoms with Gasteiger partial charge in [0.15, 0.2) is 9.84 Å². The van der Waals surface area contributed by atoms with Crippen LogP contribution in [-0.4, -0.2) is 44.5 Å². The first kappa shape index (κ1) is 13.4. The van der Waals surface area contributed by atoms with Crippen molar-refractivity contribution in [3.63, 3.8) is 0 Å². The Morgan fingerprint density at radius 1 is 1.38 bits per heavy atom. The van der Waals surface area contributed by atoms with E-state index in [9.17, 15) is 13.2 Å². The Morgan fingerprint density at radius 3 is 2.38 bits per heavy atom. The number of rotatable bonds is 6. The van der Waals surface area contributed by atoms with Gasteiger partial charge in [0.1, 0.15) is 0 Å². The lowest BCUT2D eigenvalue weighted by atomic mass is 10.2. The minimum absolute atomic E-state index is 0.149. The Bertz CT molecular complexity index is 358. The molecule has 1 aliphatic rings. The van der Waals surface area contributed by atoms with E-state index in [2.05, 4.69) is 10.6 Å². The number of hydrogen-bond donors (Lipinski definition) is 2. The molecule has 1 saturated carbocycles. The highest BCUT2D eigenvalue weighted by atomic mass is 32.2. The molecule has 0 aliphatic heterocycles. The zero-order valence-electron chi connectivity index (χ0n) is 10.0. The SMILES string of the molecule is CC(C)(CNC(=O)CNC1CC1)S(C)(=O)=O. The summed E-state index contributed by atoms with van der Waals surface area (Å²) in [7, 11) is -3.15. The van der Waals surface area contributed by atoms with Crippen LogP contribution < -0.4 is 10.6 Å². The predicted octanol–water partition coefficient (Wildman–Crippen LogP) is -0.322. The van der Waals surface area contributed by atoms with Crippen molar-refractivity contribution >= 4 is 15.7 Å². The van der Waals surface area contributed by atoms with Crippen molar-refractivity contribution in [3.8, 4) is 0 Å². The van der Waals surface area contributed by atoms with Crippen molar-refractivity contribution in [2.24, 2.45) is 0 Å². The highest BCUT2D eigenvalue weighted by Gasteiger charge is 2.30. The van der Waals surface area contributed by atoms with Crippen LogP contribution in [0, 0.1) is 0 Å². The molecular weight excluding hydrogens is 228 g/mol. The van der Waals surface area contributed by atoms with Crippen molar-refractivity contribution in [3.05, 3.63) is 0 Å². The van der Waals surface area contributed by atoms with Crippen LogP contribution in [0.3, 0.4) is 0 Å². The number of nitrogens with one attached hydrogen (secondary N) is 2. The van der Waals surface area contributed by atoms with Crippen LogP contribution >= 0.6 is 0 Å². The summed E-state index contributed by atoms with van der Waals surface area (Å²) in [4.78, 5) is 11.4. The summed E-state index contributed by atoms with van der Waals surface area (Å²) in [5.74, 6) is -0.149. The van der Waals surface area contributed by atoms with Gasteiger partial charge in [-0.05, 0) is 26.7 Å².